The summed E-state index contributed by atoms with van der Waals surface area (Å²) >= 11 is 0. The molecule has 0 bridgehead atoms. The van der Waals surface area contributed by atoms with E-state index in [2.05, 4.69) is 51.8 Å². The number of hydrogen-bond donors (Lipinski definition) is 1. The standard InChI is InChI=1S/C27H34N4O2/c1-27(2)18-21-6-5-7-23(22(21)19-27)31-15-13-30(14-16-31)12-3-4-17-33-25-11-9-20-8-10-24(32)28-26(20)29-25/h5-11H,3-4,12-19H2,1-2H3,(H,28,29,32). The molecule has 0 amide bonds. The molecule has 2 aliphatic rings. The first-order valence-corrected chi connectivity index (χ1v) is 12.2. The van der Waals surface area contributed by atoms with Gasteiger partial charge in [-0.3, -0.25) is 9.69 Å². The van der Waals surface area contributed by atoms with Gasteiger partial charge in [-0.15, -0.1) is 0 Å². The van der Waals surface area contributed by atoms with Gasteiger partial charge < -0.3 is 14.6 Å². The average Bonchev–Trinajstić information content (AvgIpc) is 3.13. The number of nitrogens with one attached hydrogen (secondary N) is 1. The number of ether oxygens (including phenoxy) is 1. The molecule has 3 aromatic rings. The van der Waals surface area contributed by atoms with E-state index in [9.17, 15) is 4.79 Å². The number of pyridine rings is 2. The topological polar surface area (TPSA) is 61.5 Å². The van der Waals surface area contributed by atoms with E-state index in [-0.39, 0.29) is 5.56 Å². The Hall–Kier alpha value is -2.86. The molecule has 1 fully saturated rings. The summed E-state index contributed by atoms with van der Waals surface area (Å²) in [7, 11) is 0. The molecule has 174 valence electrons. The fourth-order valence-electron chi connectivity index (χ4n) is 5.26. The Labute approximate surface area is 195 Å². The largest absolute Gasteiger partial charge is 0.478 e. The minimum absolute atomic E-state index is 0.146. The Bertz CT molecular complexity index is 1180. The van der Waals surface area contributed by atoms with Crippen LogP contribution < -0.4 is 15.2 Å². The molecule has 0 atom stereocenters. The first-order chi connectivity index (χ1) is 16.0. The number of nitrogens with zero attached hydrogens (tertiary/aromatic N) is 3. The highest BCUT2D eigenvalue weighted by Crippen LogP contribution is 2.41. The minimum Gasteiger partial charge on any atom is -0.478 e. The van der Waals surface area contributed by atoms with Crippen molar-refractivity contribution in [2.24, 2.45) is 5.41 Å². The lowest BCUT2D eigenvalue weighted by Crippen LogP contribution is -2.47. The van der Waals surface area contributed by atoms with E-state index in [1.807, 2.05) is 12.1 Å². The zero-order chi connectivity index (χ0) is 22.8. The molecule has 1 aliphatic heterocycles. The molecular weight excluding hydrogens is 412 g/mol. The molecule has 2 aromatic heterocycles. The smallest absolute Gasteiger partial charge is 0.249 e. The summed E-state index contributed by atoms with van der Waals surface area (Å²) < 4.78 is 5.82. The van der Waals surface area contributed by atoms with Gasteiger partial charge in [0, 0.05) is 49.4 Å². The van der Waals surface area contributed by atoms with Crippen LogP contribution in [0.25, 0.3) is 11.0 Å². The van der Waals surface area contributed by atoms with Crippen LogP contribution in [0.15, 0.2) is 47.3 Å². The van der Waals surface area contributed by atoms with E-state index >= 15 is 0 Å². The van der Waals surface area contributed by atoms with Crippen molar-refractivity contribution in [3.8, 4) is 5.88 Å². The minimum atomic E-state index is -0.146. The summed E-state index contributed by atoms with van der Waals surface area (Å²) in [4.78, 5) is 23.8. The second-order valence-corrected chi connectivity index (χ2v) is 10.2. The lowest BCUT2D eigenvalue weighted by Gasteiger charge is -2.37. The summed E-state index contributed by atoms with van der Waals surface area (Å²) in [6, 6.07) is 14.0. The molecule has 33 heavy (non-hydrogen) atoms. The molecule has 6 heteroatoms. The van der Waals surface area contributed by atoms with Crippen molar-refractivity contribution < 1.29 is 4.74 Å². The second kappa shape index (κ2) is 9.18. The number of aromatic amines is 1. The van der Waals surface area contributed by atoms with Crippen molar-refractivity contribution in [1.29, 1.82) is 0 Å². The van der Waals surface area contributed by atoms with Crippen LogP contribution in [-0.2, 0) is 12.8 Å². The number of fused-ring (bicyclic) bond motifs is 2. The average molecular weight is 447 g/mol. The Morgan fingerprint density at radius 1 is 1.00 bits per heavy atom. The first-order valence-electron chi connectivity index (χ1n) is 12.2. The van der Waals surface area contributed by atoms with Crippen molar-refractivity contribution in [2.75, 3.05) is 44.2 Å². The maximum absolute atomic E-state index is 11.5. The van der Waals surface area contributed by atoms with Crippen LogP contribution in [0.1, 0.15) is 37.8 Å². The Morgan fingerprint density at radius 2 is 1.82 bits per heavy atom. The number of unbranched alkanes of at least 4 members (excludes halogenated alkanes) is 1. The molecule has 1 aromatic carbocycles. The van der Waals surface area contributed by atoms with Gasteiger partial charge in [-0.2, -0.15) is 4.98 Å². The predicted molar refractivity (Wildman–Crippen MR) is 133 cm³/mol. The van der Waals surface area contributed by atoms with E-state index in [0.29, 0.717) is 23.5 Å². The summed E-state index contributed by atoms with van der Waals surface area (Å²) in [5.74, 6) is 0.566. The van der Waals surface area contributed by atoms with Crippen molar-refractivity contribution in [2.45, 2.75) is 39.5 Å². The van der Waals surface area contributed by atoms with Crippen LogP contribution in [0.2, 0.25) is 0 Å². The van der Waals surface area contributed by atoms with E-state index < -0.39 is 0 Å². The number of H-pyrrole nitrogens is 1. The summed E-state index contributed by atoms with van der Waals surface area (Å²) in [6.07, 6.45) is 4.50. The lowest BCUT2D eigenvalue weighted by molar-refractivity contribution is 0.236. The van der Waals surface area contributed by atoms with Crippen LogP contribution in [0.5, 0.6) is 5.88 Å². The van der Waals surface area contributed by atoms with E-state index in [1.54, 1.807) is 17.2 Å². The molecule has 0 radical (unpaired) electrons. The number of anilines is 1. The SMILES string of the molecule is CC1(C)Cc2cccc(N3CCN(CCCCOc4ccc5ccc(=O)[nH]c5n4)CC3)c2C1. The highest BCUT2D eigenvalue weighted by Gasteiger charge is 2.31. The van der Waals surface area contributed by atoms with Crippen LogP contribution in [0.4, 0.5) is 5.69 Å². The summed E-state index contributed by atoms with van der Waals surface area (Å²) in [5, 5.41) is 0.908. The van der Waals surface area contributed by atoms with Crippen LogP contribution in [-0.4, -0.2) is 54.2 Å². The summed E-state index contributed by atoms with van der Waals surface area (Å²) in [6.45, 7) is 11.0. The van der Waals surface area contributed by atoms with Gasteiger partial charge in [0.1, 0.15) is 5.65 Å². The van der Waals surface area contributed by atoms with E-state index in [1.165, 1.54) is 24.6 Å². The molecule has 1 saturated heterocycles. The van der Waals surface area contributed by atoms with Gasteiger partial charge in [0.2, 0.25) is 11.4 Å². The third-order valence-corrected chi connectivity index (χ3v) is 6.96. The van der Waals surface area contributed by atoms with Gasteiger partial charge in [0.25, 0.3) is 0 Å². The molecule has 5 rings (SSSR count). The van der Waals surface area contributed by atoms with Gasteiger partial charge in [-0.1, -0.05) is 26.0 Å². The molecule has 0 spiro atoms. The maximum atomic E-state index is 11.5. The van der Waals surface area contributed by atoms with Crippen LogP contribution >= 0.6 is 0 Å². The van der Waals surface area contributed by atoms with Crippen molar-refractivity contribution in [1.82, 2.24) is 14.9 Å². The highest BCUT2D eigenvalue weighted by molar-refractivity contribution is 5.74. The molecule has 6 nitrogen and oxygen atoms in total. The van der Waals surface area contributed by atoms with Crippen molar-refractivity contribution in [3.63, 3.8) is 0 Å². The Balaban J connectivity index is 1.05. The van der Waals surface area contributed by atoms with Gasteiger partial charge >= 0.3 is 0 Å². The molecule has 3 heterocycles. The van der Waals surface area contributed by atoms with Crippen molar-refractivity contribution >= 4 is 16.7 Å². The zero-order valence-electron chi connectivity index (χ0n) is 19.8. The van der Waals surface area contributed by atoms with E-state index in [0.717, 1.165) is 51.0 Å². The number of benzene rings is 1. The third-order valence-electron chi connectivity index (χ3n) is 6.96. The van der Waals surface area contributed by atoms with Gasteiger partial charge in [0.15, 0.2) is 0 Å². The molecule has 0 unspecified atom stereocenters. The number of piperazine rings is 1. The zero-order valence-corrected chi connectivity index (χ0v) is 19.8. The third kappa shape index (κ3) is 5.06. The summed E-state index contributed by atoms with van der Waals surface area (Å²) in [5.41, 5.74) is 5.42. The first kappa shape index (κ1) is 22.0. The van der Waals surface area contributed by atoms with Crippen molar-refractivity contribution in [3.05, 3.63) is 63.9 Å². The van der Waals surface area contributed by atoms with Crippen LogP contribution in [0.3, 0.4) is 0 Å². The lowest BCUT2D eigenvalue weighted by atomic mass is 9.90. The number of hydrogen-bond acceptors (Lipinski definition) is 5. The fourth-order valence-corrected chi connectivity index (χ4v) is 5.26. The Kier molecular flexibility index (Phi) is 6.11. The Morgan fingerprint density at radius 3 is 2.67 bits per heavy atom. The maximum Gasteiger partial charge on any atom is 0.249 e. The highest BCUT2D eigenvalue weighted by atomic mass is 16.5. The molecule has 0 saturated carbocycles. The van der Waals surface area contributed by atoms with Crippen LogP contribution in [0, 0.1) is 5.41 Å². The monoisotopic (exact) mass is 446 g/mol. The van der Waals surface area contributed by atoms with E-state index in [4.69, 9.17) is 4.74 Å². The normalized spacial score (nSPS) is 17.9. The van der Waals surface area contributed by atoms with Gasteiger partial charge in [-0.25, -0.2) is 0 Å². The second-order valence-electron chi connectivity index (χ2n) is 10.2. The molecular formula is C27H34N4O2. The predicted octanol–water partition coefficient (Wildman–Crippen LogP) is 4.03. The quantitative estimate of drug-likeness (QED) is 0.555. The number of rotatable bonds is 7. The molecule has 1 aliphatic carbocycles. The fraction of sp³-hybridized carbons (Fsp3) is 0.481. The molecule has 1 N–H and O–H groups in total. The van der Waals surface area contributed by atoms with Gasteiger partial charge in [0.05, 0.1) is 6.61 Å². The number of aromatic nitrogens is 2. The van der Waals surface area contributed by atoms with Gasteiger partial charge in [-0.05, 0) is 67.0 Å².